The minimum atomic E-state index is -0.242. The molecule has 134 valence electrons. The highest BCUT2D eigenvalue weighted by atomic mass is 16.5. The van der Waals surface area contributed by atoms with Crippen LogP contribution in [0.2, 0.25) is 0 Å². The molecule has 2 atom stereocenters. The lowest BCUT2D eigenvalue weighted by Gasteiger charge is -2.15. The topological polar surface area (TPSA) is 77.4 Å². The van der Waals surface area contributed by atoms with E-state index < -0.39 is 0 Å². The summed E-state index contributed by atoms with van der Waals surface area (Å²) in [6, 6.07) is 3.57. The molecule has 2 heterocycles. The second-order valence-corrected chi connectivity index (χ2v) is 6.40. The summed E-state index contributed by atoms with van der Waals surface area (Å²) in [6.45, 7) is 4.32. The number of nitrogens with one attached hydrogen (secondary N) is 2. The van der Waals surface area contributed by atoms with Crippen LogP contribution in [0.4, 0.5) is 4.79 Å². The Morgan fingerprint density at radius 3 is 3.00 bits per heavy atom. The van der Waals surface area contributed by atoms with Crippen LogP contribution in [0.5, 0.6) is 11.5 Å². The van der Waals surface area contributed by atoms with Crippen LogP contribution in [0.1, 0.15) is 36.6 Å². The van der Waals surface area contributed by atoms with Gasteiger partial charge in [0.05, 0.1) is 19.3 Å². The molecule has 1 aromatic carbocycles. The molecule has 0 saturated carbocycles. The number of urea groups is 1. The average molecular weight is 344 g/mol. The van der Waals surface area contributed by atoms with E-state index in [0.29, 0.717) is 6.54 Å². The summed E-state index contributed by atoms with van der Waals surface area (Å²) in [6.07, 6.45) is 4.68. The van der Waals surface area contributed by atoms with E-state index in [1.807, 2.05) is 39.2 Å². The SMILES string of the molecule is COc1cc2c(cc1CNC(=O)N[C@@H](C)c1cnn(C)c1)O[C@H](C)C2. The van der Waals surface area contributed by atoms with E-state index in [1.165, 1.54) is 0 Å². The van der Waals surface area contributed by atoms with Crippen molar-refractivity contribution in [2.24, 2.45) is 7.05 Å². The van der Waals surface area contributed by atoms with Crippen molar-refractivity contribution >= 4 is 6.03 Å². The van der Waals surface area contributed by atoms with Crippen molar-refractivity contribution in [3.05, 3.63) is 41.2 Å². The number of benzene rings is 1. The molecule has 0 aliphatic carbocycles. The number of ether oxygens (including phenoxy) is 2. The van der Waals surface area contributed by atoms with Gasteiger partial charge in [-0.05, 0) is 26.0 Å². The number of hydrogen-bond acceptors (Lipinski definition) is 4. The molecule has 2 amide bonds. The summed E-state index contributed by atoms with van der Waals surface area (Å²) in [5.41, 5.74) is 2.98. The summed E-state index contributed by atoms with van der Waals surface area (Å²) in [5.74, 6) is 1.63. The fourth-order valence-corrected chi connectivity index (χ4v) is 2.98. The molecule has 25 heavy (non-hydrogen) atoms. The van der Waals surface area contributed by atoms with Crippen LogP contribution >= 0.6 is 0 Å². The Bertz CT molecular complexity index is 772. The van der Waals surface area contributed by atoms with Gasteiger partial charge in [0.1, 0.15) is 17.6 Å². The number of fused-ring (bicyclic) bond motifs is 1. The first kappa shape index (κ1) is 17.1. The van der Waals surface area contributed by atoms with E-state index in [0.717, 1.165) is 34.6 Å². The van der Waals surface area contributed by atoms with Crippen LogP contribution < -0.4 is 20.1 Å². The van der Waals surface area contributed by atoms with E-state index in [9.17, 15) is 4.79 Å². The molecule has 0 bridgehead atoms. The Kier molecular flexibility index (Phi) is 4.83. The van der Waals surface area contributed by atoms with Crippen molar-refractivity contribution in [3.8, 4) is 11.5 Å². The third-order valence-electron chi connectivity index (χ3n) is 4.31. The molecule has 1 aliphatic heterocycles. The number of nitrogens with zero attached hydrogens (tertiary/aromatic N) is 2. The molecule has 7 heteroatoms. The van der Waals surface area contributed by atoms with Gasteiger partial charge in [0.25, 0.3) is 0 Å². The fraction of sp³-hybridized carbons (Fsp3) is 0.444. The molecule has 7 nitrogen and oxygen atoms in total. The molecule has 3 rings (SSSR count). The van der Waals surface area contributed by atoms with Crippen LogP contribution in [-0.2, 0) is 20.0 Å². The zero-order valence-electron chi connectivity index (χ0n) is 15.0. The molecule has 0 spiro atoms. The summed E-state index contributed by atoms with van der Waals surface area (Å²) < 4.78 is 12.9. The van der Waals surface area contributed by atoms with Gasteiger partial charge in [-0.2, -0.15) is 5.10 Å². The van der Waals surface area contributed by atoms with Crippen LogP contribution in [0.15, 0.2) is 24.5 Å². The van der Waals surface area contributed by atoms with Crippen LogP contribution in [-0.4, -0.2) is 29.0 Å². The highest BCUT2D eigenvalue weighted by Crippen LogP contribution is 2.34. The van der Waals surface area contributed by atoms with Crippen molar-refractivity contribution in [1.82, 2.24) is 20.4 Å². The Labute approximate surface area is 147 Å². The Hall–Kier alpha value is -2.70. The predicted molar refractivity (Wildman–Crippen MR) is 93.8 cm³/mol. The number of carbonyl (C=O) groups is 1. The van der Waals surface area contributed by atoms with Gasteiger partial charge in [-0.3, -0.25) is 4.68 Å². The van der Waals surface area contributed by atoms with E-state index in [-0.39, 0.29) is 18.2 Å². The van der Waals surface area contributed by atoms with Crippen molar-refractivity contribution in [1.29, 1.82) is 0 Å². The zero-order valence-corrected chi connectivity index (χ0v) is 15.0. The first-order valence-electron chi connectivity index (χ1n) is 8.35. The molecule has 1 aliphatic rings. The summed E-state index contributed by atoms with van der Waals surface area (Å²) in [4.78, 5) is 12.2. The largest absolute Gasteiger partial charge is 0.496 e. The minimum absolute atomic E-state index is 0.125. The van der Waals surface area contributed by atoms with Crippen LogP contribution in [0.25, 0.3) is 0 Å². The predicted octanol–water partition coefficient (Wildman–Crippen LogP) is 2.31. The number of hydrogen-bond donors (Lipinski definition) is 2. The summed E-state index contributed by atoms with van der Waals surface area (Å²) in [7, 11) is 3.48. The number of aromatic nitrogens is 2. The molecule has 0 saturated heterocycles. The molecule has 0 unspecified atom stereocenters. The Balaban J connectivity index is 1.61. The number of amides is 2. The fourth-order valence-electron chi connectivity index (χ4n) is 2.98. The van der Waals surface area contributed by atoms with E-state index in [1.54, 1.807) is 18.0 Å². The lowest BCUT2D eigenvalue weighted by atomic mass is 10.1. The Morgan fingerprint density at radius 1 is 1.52 bits per heavy atom. The van der Waals surface area contributed by atoms with Crippen molar-refractivity contribution in [2.75, 3.05) is 7.11 Å². The first-order chi connectivity index (χ1) is 12.0. The van der Waals surface area contributed by atoms with Gasteiger partial charge in [0.2, 0.25) is 0 Å². The lowest BCUT2D eigenvalue weighted by molar-refractivity contribution is 0.237. The molecule has 2 aromatic rings. The van der Waals surface area contributed by atoms with Crippen molar-refractivity contribution in [3.63, 3.8) is 0 Å². The van der Waals surface area contributed by atoms with Crippen molar-refractivity contribution < 1.29 is 14.3 Å². The Morgan fingerprint density at radius 2 is 2.32 bits per heavy atom. The van der Waals surface area contributed by atoms with Gasteiger partial charge >= 0.3 is 6.03 Å². The molecular formula is C18H24N4O3. The third kappa shape index (κ3) is 3.87. The maximum absolute atomic E-state index is 12.2. The number of rotatable bonds is 5. The number of carbonyl (C=O) groups excluding carboxylic acids is 1. The highest BCUT2D eigenvalue weighted by Gasteiger charge is 2.22. The van der Waals surface area contributed by atoms with Crippen molar-refractivity contribution in [2.45, 2.75) is 39.0 Å². The van der Waals surface area contributed by atoms with E-state index in [2.05, 4.69) is 15.7 Å². The van der Waals surface area contributed by atoms with Gasteiger partial charge in [0.15, 0.2) is 0 Å². The first-order valence-corrected chi connectivity index (χ1v) is 8.35. The standard InChI is InChI=1S/C18H24N4O3/c1-11-5-13-6-16(24-4)14(7-17(13)25-11)8-19-18(23)21-12(2)15-9-20-22(3)10-15/h6-7,9-12H,5,8H2,1-4H3,(H2,19,21,23)/t11-,12+/m1/s1. The third-order valence-corrected chi connectivity index (χ3v) is 4.31. The zero-order chi connectivity index (χ0) is 18.0. The maximum Gasteiger partial charge on any atom is 0.315 e. The summed E-state index contributed by atoms with van der Waals surface area (Å²) >= 11 is 0. The van der Waals surface area contributed by atoms with E-state index >= 15 is 0 Å². The summed E-state index contributed by atoms with van der Waals surface area (Å²) in [5, 5.41) is 9.89. The number of methoxy groups -OCH3 is 1. The second-order valence-electron chi connectivity index (χ2n) is 6.40. The normalized spacial score (nSPS) is 16.7. The van der Waals surface area contributed by atoms with Crippen LogP contribution in [0.3, 0.4) is 0 Å². The van der Waals surface area contributed by atoms with Gasteiger partial charge < -0.3 is 20.1 Å². The lowest BCUT2D eigenvalue weighted by Crippen LogP contribution is -2.36. The minimum Gasteiger partial charge on any atom is -0.496 e. The van der Waals surface area contributed by atoms with Gasteiger partial charge in [-0.1, -0.05) is 0 Å². The van der Waals surface area contributed by atoms with Crippen LogP contribution in [0, 0.1) is 0 Å². The molecule has 2 N–H and O–H groups in total. The molecule has 0 fully saturated rings. The van der Waals surface area contributed by atoms with E-state index in [4.69, 9.17) is 9.47 Å². The molecule has 1 aromatic heterocycles. The molecular weight excluding hydrogens is 320 g/mol. The average Bonchev–Trinajstić information content (AvgIpc) is 3.16. The highest BCUT2D eigenvalue weighted by molar-refractivity contribution is 5.74. The smallest absolute Gasteiger partial charge is 0.315 e. The number of aryl methyl sites for hydroxylation is 1. The van der Waals surface area contributed by atoms with Gasteiger partial charge in [0, 0.05) is 42.9 Å². The molecule has 0 radical (unpaired) electrons. The maximum atomic E-state index is 12.2. The second kappa shape index (κ2) is 7.04. The van der Waals surface area contributed by atoms with Gasteiger partial charge in [-0.25, -0.2) is 4.79 Å². The van der Waals surface area contributed by atoms with Gasteiger partial charge in [-0.15, -0.1) is 0 Å². The quantitative estimate of drug-likeness (QED) is 0.873. The monoisotopic (exact) mass is 344 g/mol.